The fourth-order valence-corrected chi connectivity index (χ4v) is 2.25. The van der Waals surface area contributed by atoms with Crippen LogP contribution in [0.5, 0.6) is 0 Å². The van der Waals surface area contributed by atoms with Gasteiger partial charge >= 0.3 is 0 Å². The van der Waals surface area contributed by atoms with E-state index in [-0.39, 0.29) is 18.6 Å². The van der Waals surface area contributed by atoms with Crippen LogP contribution in [0, 0.1) is 0 Å². The van der Waals surface area contributed by atoms with Crippen molar-refractivity contribution in [3.05, 3.63) is 72.9 Å². The molecule has 0 aliphatic carbocycles. The maximum absolute atomic E-state index is 11.5. The number of aliphatic hydroxyl groups is 1. The number of carbonyl (C=O) groups is 1. The summed E-state index contributed by atoms with van der Waals surface area (Å²) in [6, 6.07) is -0.169. The largest absolute Gasteiger partial charge is 0.394 e. The number of hydrogen-bond donors (Lipinski definition) is 2. The molecular formula is C25H39NO2. The lowest BCUT2D eigenvalue weighted by molar-refractivity contribution is -0.121. The zero-order valence-electron chi connectivity index (χ0n) is 17.7. The Morgan fingerprint density at radius 1 is 0.750 bits per heavy atom. The quantitative estimate of drug-likeness (QED) is 0.322. The molecule has 0 saturated heterocycles. The highest BCUT2D eigenvalue weighted by molar-refractivity contribution is 5.76. The first kappa shape index (κ1) is 25.9. The number of nitrogens with one attached hydrogen (secondary N) is 1. The first-order valence-corrected chi connectivity index (χ1v) is 10.5. The minimum atomic E-state index is -0.169. The number of rotatable bonds is 16. The van der Waals surface area contributed by atoms with Gasteiger partial charge in [0.05, 0.1) is 6.61 Å². The molecule has 28 heavy (non-hydrogen) atoms. The van der Waals surface area contributed by atoms with E-state index in [1.54, 1.807) is 6.92 Å². The van der Waals surface area contributed by atoms with Crippen LogP contribution in [0.2, 0.25) is 0 Å². The average Bonchev–Trinajstić information content (AvgIpc) is 2.69. The maximum Gasteiger partial charge on any atom is 0.220 e. The van der Waals surface area contributed by atoms with Gasteiger partial charge in [-0.25, -0.2) is 0 Å². The molecule has 1 unspecified atom stereocenters. The van der Waals surface area contributed by atoms with Gasteiger partial charge in [-0.1, -0.05) is 79.8 Å². The summed E-state index contributed by atoms with van der Waals surface area (Å²) in [6.45, 7) is 3.91. The van der Waals surface area contributed by atoms with Crippen molar-refractivity contribution in [1.82, 2.24) is 5.32 Å². The molecule has 0 aromatic heterocycles. The second-order valence-electron chi connectivity index (χ2n) is 6.60. The van der Waals surface area contributed by atoms with Crippen LogP contribution in [-0.2, 0) is 4.79 Å². The monoisotopic (exact) mass is 385 g/mol. The second-order valence-corrected chi connectivity index (χ2v) is 6.60. The normalized spacial score (nSPS) is 14.0. The summed E-state index contributed by atoms with van der Waals surface area (Å²) in [4.78, 5) is 11.5. The first-order valence-electron chi connectivity index (χ1n) is 10.5. The molecule has 1 atom stereocenters. The summed E-state index contributed by atoms with van der Waals surface area (Å²) in [5.74, 6) is -0.0129. The molecule has 1 amide bonds. The van der Waals surface area contributed by atoms with E-state index in [0.717, 1.165) is 44.9 Å². The van der Waals surface area contributed by atoms with Crippen LogP contribution in [0.4, 0.5) is 0 Å². The standard InChI is InChI=1S/C25H39NO2/c1-3-4-5-6-7-8-9-10-11-12-13-14-15-16-17-18-19-20-21-22-25(28)26-24(2)23-27/h4-5,7-8,10-11,13-14,16-17,19-20,24,27H,3,6,9,12,15,18,21-23H2,1-2H3,(H,26,28)/b5-4-,8-7-,11-10-,14-13-,17-16-,20-19-. The van der Waals surface area contributed by atoms with Crippen LogP contribution < -0.4 is 5.32 Å². The third-order valence-electron chi connectivity index (χ3n) is 3.82. The highest BCUT2D eigenvalue weighted by Gasteiger charge is 2.03. The van der Waals surface area contributed by atoms with Crippen molar-refractivity contribution in [3.63, 3.8) is 0 Å². The van der Waals surface area contributed by atoms with E-state index in [1.165, 1.54) is 0 Å². The molecule has 0 radical (unpaired) electrons. The van der Waals surface area contributed by atoms with Crippen molar-refractivity contribution in [1.29, 1.82) is 0 Å². The third-order valence-corrected chi connectivity index (χ3v) is 3.82. The van der Waals surface area contributed by atoms with E-state index in [1.807, 2.05) is 6.08 Å². The molecule has 3 nitrogen and oxygen atoms in total. The van der Waals surface area contributed by atoms with E-state index in [0.29, 0.717) is 6.42 Å². The maximum atomic E-state index is 11.5. The van der Waals surface area contributed by atoms with Gasteiger partial charge in [-0.3, -0.25) is 4.79 Å². The van der Waals surface area contributed by atoms with Gasteiger partial charge < -0.3 is 10.4 Å². The Hall–Kier alpha value is -2.13. The van der Waals surface area contributed by atoms with Gasteiger partial charge in [0.1, 0.15) is 0 Å². The van der Waals surface area contributed by atoms with Gasteiger partial charge in [0, 0.05) is 12.5 Å². The average molecular weight is 386 g/mol. The Kier molecular flexibility index (Phi) is 19.6. The van der Waals surface area contributed by atoms with Crippen LogP contribution in [-0.4, -0.2) is 23.7 Å². The Balaban J connectivity index is 3.59. The minimum Gasteiger partial charge on any atom is -0.394 e. The van der Waals surface area contributed by atoms with Gasteiger partial charge in [0.15, 0.2) is 0 Å². The van der Waals surface area contributed by atoms with Gasteiger partial charge in [-0.2, -0.15) is 0 Å². The molecule has 0 heterocycles. The highest BCUT2D eigenvalue weighted by atomic mass is 16.3. The van der Waals surface area contributed by atoms with Gasteiger partial charge in [0.25, 0.3) is 0 Å². The van der Waals surface area contributed by atoms with E-state index in [9.17, 15) is 4.79 Å². The summed E-state index contributed by atoms with van der Waals surface area (Å²) < 4.78 is 0. The molecule has 0 saturated carbocycles. The molecule has 0 aromatic carbocycles. The number of amides is 1. The lowest BCUT2D eigenvalue weighted by Crippen LogP contribution is -2.34. The number of carbonyl (C=O) groups excluding carboxylic acids is 1. The number of aliphatic hydroxyl groups excluding tert-OH is 1. The van der Waals surface area contributed by atoms with Crippen LogP contribution >= 0.6 is 0 Å². The van der Waals surface area contributed by atoms with E-state index < -0.39 is 0 Å². The molecule has 0 rings (SSSR count). The van der Waals surface area contributed by atoms with Gasteiger partial charge in [-0.15, -0.1) is 0 Å². The Morgan fingerprint density at radius 2 is 1.14 bits per heavy atom. The fourth-order valence-electron chi connectivity index (χ4n) is 2.25. The molecule has 0 bridgehead atoms. The first-order chi connectivity index (χ1) is 13.7. The van der Waals surface area contributed by atoms with Gasteiger partial charge in [-0.05, 0) is 51.9 Å². The zero-order valence-corrected chi connectivity index (χ0v) is 17.7. The fraction of sp³-hybridized carbons (Fsp3) is 0.480. The number of hydrogen-bond acceptors (Lipinski definition) is 2. The lowest BCUT2D eigenvalue weighted by atomic mass is 10.2. The van der Waals surface area contributed by atoms with Crippen LogP contribution in [0.15, 0.2) is 72.9 Å². The van der Waals surface area contributed by atoms with E-state index in [2.05, 4.69) is 79.1 Å². The molecule has 3 heteroatoms. The molecule has 156 valence electrons. The number of allylic oxidation sites excluding steroid dienone is 12. The predicted molar refractivity (Wildman–Crippen MR) is 122 cm³/mol. The predicted octanol–water partition coefficient (Wildman–Crippen LogP) is 5.96. The van der Waals surface area contributed by atoms with Crippen LogP contribution in [0.3, 0.4) is 0 Å². The zero-order chi connectivity index (χ0) is 20.7. The summed E-state index contributed by atoms with van der Waals surface area (Å²) in [5, 5.41) is 11.6. The van der Waals surface area contributed by atoms with E-state index in [4.69, 9.17) is 5.11 Å². The summed E-state index contributed by atoms with van der Waals surface area (Å²) in [6.07, 6.45) is 33.2. The topological polar surface area (TPSA) is 49.3 Å². The van der Waals surface area contributed by atoms with Crippen LogP contribution in [0.25, 0.3) is 0 Å². The van der Waals surface area contributed by atoms with Crippen molar-refractivity contribution in [2.45, 2.75) is 71.3 Å². The molecule has 0 aliphatic heterocycles. The molecule has 2 N–H and O–H groups in total. The smallest absolute Gasteiger partial charge is 0.220 e. The van der Waals surface area contributed by atoms with Crippen molar-refractivity contribution in [2.24, 2.45) is 0 Å². The summed E-state index contributed by atoms with van der Waals surface area (Å²) in [7, 11) is 0. The molecular weight excluding hydrogens is 346 g/mol. The SMILES string of the molecule is CC/C=C\C/C=C\C/C=C\C/C=C\C/C=C\C/C=C\CCC(=O)NC(C)CO. The highest BCUT2D eigenvalue weighted by Crippen LogP contribution is 1.98. The molecule has 0 spiro atoms. The van der Waals surface area contributed by atoms with Crippen molar-refractivity contribution >= 4 is 5.91 Å². The van der Waals surface area contributed by atoms with E-state index >= 15 is 0 Å². The van der Waals surface area contributed by atoms with Crippen molar-refractivity contribution < 1.29 is 9.90 Å². The Morgan fingerprint density at radius 3 is 1.54 bits per heavy atom. The van der Waals surface area contributed by atoms with Crippen molar-refractivity contribution in [3.8, 4) is 0 Å². The minimum absolute atomic E-state index is 0.0129. The summed E-state index contributed by atoms with van der Waals surface area (Å²) >= 11 is 0. The molecule has 0 aliphatic rings. The second kappa shape index (κ2) is 21.2. The lowest BCUT2D eigenvalue weighted by Gasteiger charge is -2.09. The van der Waals surface area contributed by atoms with Crippen molar-refractivity contribution in [2.75, 3.05) is 6.61 Å². The Bertz CT molecular complexity index is 539. The molecule has 0 aromatic rings. The Labute approximate surface area is 172 Å². The summed E-state index contributed by atoms with van der Waals surface area (Å²) in [5.41, 5.74) is 0. The van der Waals surface area contributed by atoms with Crippen LogP contribution in [0.1, 0.15) is 65.2 Å². The molecule has 0 fully saturated rings. The van der Waals surface area contributed by atoms with Gasteiger partial charge in [0.2, 0.25) is 5.91 Å². The third kappa shape index (κ3) is 20.2.